The maximum atomic E-state index is 12.9. The van der Waals surface area contributed by atoms with Crippen molar-refractivity contribution >= 4 is 5.69 Å². The van der Waals surface area contributed by atoms with E-state index in [1.807, 2.05) is 0 Å². The van der Waals surface area contributed by atoms with Crippen LogP contribution in [0.5, 0.6) is 0 Å². The second-order valence-corrected chi connectivity index (χ2v) is 2.38. The molecule has 1 heterocycles. The Morgan fingerprint density at radius 3 is 3.09 bits per heavy atom. The number of rotatable bonds is 0. The van der Waals surface area contributed by atoms with E-state index in [0.29, 0.717) is 17.8 Å². The molecule has 3 nitrogen and oxygen atoms in total. The molecule has 0 aliphatic carbocycles. The first-order valence-corrected chi connectivity index (χ1v) is 3.29. The van der Waals surface area contributed by atoms with Crippen LogP contribution in [-0.4, -0.2) is 5.21 Å². The van der Waals surface area contributed by atoms with E-state index < -0.39 is 0 Å². The van der Waals surface area contributed by atoms with E-state index in [9.17, 15) is 4.39 Å². The van der Waals surface area contributed by atoms with Crippen molar-refractivity contribution < 1.29 is 9.60 Å². The standard InChI is InChI=1S/C7H7FN2O/c8-6-2-1-3-7-5(6)4-9-10(7)11/h1-3,9,11H,4H2. The predicted octanol–water partition coefficient (Wildman–Crippen LogP) is 1.04. The Balaban J connectivity index is 2.57. The highest BCUT2D eigenvalue weighted by atomic mass is 19.1. The zero-order valence-corrected chi connectivity index (χ0v) is 5.71. The number of hydrogen-bond donors (Lipinski definition) is 2. The molecule has 0 radical (unpaired) electrons. The van der Waals surface area contributed by atoms with Crippen LogP contribution in [0.1, 0.15) is 5.56 Å². The third kappa shape index (κ3) is 0.875. The van der Waals surface area contributed by atoms with E-state index >= 15 is 0 Å². The van der Waals surface area contributed by atoms with Gasteiger partial charge in [-0.1, -0.05) is 6.07 Å². The molecule has 0 atom stereocenters. The zero-order chi connectivity index (χ0) is 7.84. The maximum absolute atomic E-state index is 12.9. The van der Waals surface area contributed by atoms with E-state index in [1.165, 1.54) is 6.07 Å². The molecule has 0 unspecified atom stereocenters. The highest BCUT2D eigenvalue weighted by molar-refractivity contribution is 5.54. The van der Waals surface area contributed by atoms with Crippen LogP contribution in [-0.2, 0) is 6.54 Å². The SMILES string of the molecule is ON1NCc2c(F)cccc21. The van der Waals surface area contributed by atoms with E-state index in [4.69, 9.17) is 5.21 Å². The molecule has 2 rings (SSSR count). The number of hydrazine groups is 1. The van der Waals surface area contributed by atoms with Gasteiger partial charge in [0.25, 0.3) is 0 Å². The molecule has 0 aromatic heterocycles. The van der Waals surface area contributed by atoms with Crippen molar-refractivity contribution in [3.63, 3.8) is 0 Å². The largest absolute Gasteiger partial charge is 0.273 e. The number of benzene rings is 1. The lowest BCUT2D eigenvalue weighted by Crippen LogP contribution is -2.27. The van der Waals surface area contributed by atoms with Crippen LogP contribution in [0, 0.1) is 5.82 Å². The van der Waals surface area contributed by atoms with Crippen molar-refractivity contribution in [2.45, 2.75) is 6.54 Å². The Bertz CT molecular complexity index is 290. The summed E-state index contributed by atoms with van der Waals surface area (Å²) in [4.78, 5) is 0. The lowest BCUT2D eigenvalue weighted by molar-refractivity contribution is 0.221. The third-order valence-electron chi connectivity index (χ3n) is 1.73. The second kappa shape index (κ2) is 2.18. The molecule has 0 spiro atoms. The lowest BCUT2D eigenvalue weighted by atomic mass is 10.2. The van der Waals surface area contributed by atoms with Crippen LogP contribution in [0.4, 0.5) is 10.1 Å². The summed E-state index contributed by atoms with van der Waals surface area (Å²) in [6, 6.07) is 4.59. The maximum Gasteiger partial charge on any atom is 0.129 e. The summed E-state index contributed by atoms with van der Waals surface area (Å²) in [6.07, 6.45) is 0. The van der Waals surface area contributed by atoms with Crippen LogP contribution in [0.2, 0.25) is 0 Å². The van der Waals surface area contributed by atoms with Gasteiger partial charge in [-0.15, -0.1) is 0 Å². The van der Waals surface area contributed by atoms with Gasteiger partial charge in [0.1, 0.15) is 5.82 Å². The topological polar surface area (TPSA) is 35.5 Å². The van der Waals surface area contributed by atoms with Gasteiger partial charge in [-0.2, -0.15) is 5.17 Å². The Kier molecular flexibility index (Phi) is 1.30. The number of halogens is 1. The number of fused-ring (bicyclic) bond motifs is 1. The molecule has 1 aromatic carbocycles. The van der Waals surface area contributed by atoms with E-state index in [-0.39, 0.29) is 5.82 Å². The van der Waals surface area contributed by atoms with Gasteiger partial charge in [-0.25, -0.2) is 9.82 Å². The van der Waals surface area contributed by atoms with Crippen molar-refractivity contribution in [3.05, 3.63) is 29.6 Å². The molecule has 0 fully saturated rings. The Morgan fingerprint density at radius 2 is 2.36 bits per heavy atom. The quantitative estimate of drug-likeness (QED) is 0.586. The molecule has 1 aromatic rings. The molecule has 58 valence electrons. The molecule has 11 heavy (non-hydrogen) atoms. The van der Waals surface area contributed by atoms with Gasteiger partial charge >= 0.3 is 0 Å². The summed E-state index contributed by atoms with van der Waals surface area (Å²) in [6.45, 7) is 0.346. The highest BCUT2D eigenvalue weighted by Crippen LogP contribution is 2.25. The van der Waals surface area contributed by atoms with Crippen LogP contribution < -0.4 is 10.6 Å². The minimum absolute atomic E-state index is 0.286. The number of hydrogen-bond acceptors (Lipinski definition) is 3. The van der Waals surface area contributed by atoms with Gasteiger partial charge in [0.05, 0.1) is 5.69 Å². The molecular formula is C7H7FN2O. The minimum atomic E-state index is -0.286. The van der Waals surface area contributed by atoms with E-state index in [1.54, 1.807) is 12.1 Å². The van der Waals surface area contributed by atoms with Crippen molar-refractivity contribution in [1.82, 2.24) is 5.43 Å². The molecule has 2 N–H and O–H groups in total. The van der Waals surface area contributed by atoms with E-state index in [2.05, 4.69) is 5.43 Å². The Morgan fingerprint density at radius 1 is 1.55 bits per heavy atom. The van der Waals surface area contributed by atoms with Crippen molar-refractivity contribution in [1.29, 1.82) is 0 Å². The predicted molar refractivity (Wildman–Crippen MR) is 37.5 cm³/mol. The zero-order valence-electron chi connectivity index (χ0n) is 5.71. The normalized spacial score (nSPS) is 15.3. The van der Waals surface area contributed by atoms with Crippen LogP contribution in [0.25, 0.3) is 0 Å². The fraction of sp³-hybridized carbons (Fsp3) is 0.143. The van der Waals surface area contributed by atoms with Crippen molar-refractivity contribution in [3.8, 4) is 0 Å². The number of nitrogens with zero attached hydrogens (tertiary/aromatic N) is 1. The fourth-order valence-corrected chi connectivity index (χ4v) is 1.16. The summed E-state index contributed by atoms with van der Waals surface area (Å²) in [5.74, 6) is -0.286. The first-order valence-electron chi connectivity index (χ1n) is 3.29. The summed E-state index contributed by atoms with van der Waals surface area (Å²) in [5, 5.41) is 9.89. The first-order chi connectivity index (χ1) is 5.29. The van der Waals surface area contributed by atoms with Crippen LogP contribution >= 0.6 is 0 Å². The van der Waals surface area contributed by atoms with Gasteiger partial charge in [-0.05, 0) is 12.1 Å². The summed E-state index contributed by atoms with van der Waals surface area (Å²) in [5.41, 5.74) is 3.57. The molecule has 0 saturated heterocycles. The lowest BCUT2D eigenvalue weighted by Gasteiger charge is -2.07. The second-order valence-electron chi connectivity index (χ2n) is 2.38. The van der Waals surface area contributed by atoms with Gasteiger partial charge in [0, 0.05) is 12.1 Å². The number of nitrogens with one attached hydrogen (secondary N) is 1. The van der Waals surface area contributed by atoms with Crippen molar-refractivity contribution in [2.24, 2.45) is 0 Å². The Hall–Kier alpha value is -1.13. The summed E-state index contributed by atoms with van der Waals surface area (Å²) < 4.78 is 12.9. The molecule has 1 aliphatic heterocycles. The van der Waals surface area contributed by atoms with Gasteiger partial charge in [0.15, 0.2) is 0 Å². The smallest absolute Gasteiger partial charge is 0.129 e. The average molecular weight is 154 g/mol. The van der Waals surface area contributed by atoms with Gasteiger partial charge in [-0.3, -0.25) is 5.21 Å². The highest BCUT2D eigenvalue weighted by Gasteiger charge is 2.19. The molecular weight excluding hydrogens is 147 g/mol. The van der Waals surface area contributed by atoms with E-state index in [0.717, 1.165) is 5.17 Å². The molecule has 0 bridgehead atoms. The fourth-order valence-electron chi connectivity index (χ4n) is 1.16. The molecule has 4 heteroatoms. The summed E-state index contributed by atoms with van der Waals surface area (Å²) >= 11 is 0. The van der Waals surface area contributed by atoms with Crippen LogP contribution in [0.15, 0.2) is 18.2 Å². The minimum Gasteiger partial charge on any atom is -0.273 e. The molecule has 1 aliphatic rings. The monoisotopic (exact) mass is 154 g/mol. The summed E-state index contributed by atoms with van der Waals surface area (Å²) in [7, 11) is 0. The number of anilines is 1. The Labute approximate surface area is 63.0 Å². The molecule has 0 amide bonds. The third-order valence-corrected chi connectivity index (χ3v) is 1.73. The average Bonchev–Trinajstić information content (AvgIpc) is 2.35. The van der Waals surface area contributed by atoms with Gasteiger partial charge in [0.2, 0.25) is 0 Å². The first kappa shape index (κ1) is 6.57. The van der Waals surface area contributed by atoms with Crippen molar-refractivity contribution in [2.75, 3.05) is 5.17 Å². The van der Waals surface area contributed by atoms with Gasteiger partial charge < -0.3 is 0 Å². The van der Waals surface area contributed by atoms with Crippen LogP contribution in [0.3, 0.4) is 0 Å². The molecule has 0 saturated carbocycles.